The van der Waals surface area contributed by atoms with Gasteiger partial charge in [-0.2, -0.15) is 0 Å². The summed E-state index contributed by atoms with van der Waals surface area (Å²) in [5.41, 5.74) is 0.841. The van der Waals surface area contributed by atoms with Crippen LogP contribution >= 0.6 is 15.9 Å². The van der Waals surface area contributed by atoms with Crippen LogP contribution in [0.15, 0.2) is 22.7 Å². The van der Waals surface area contributed by atoms with E-state index >= 15 is 0 Å². The van der Waals surface area contributed by atoms with Crippen LogP contribution in [0.25, 0.3) is 0 Å². The van der Waals surface area contributed by atoms with Crippen LogP contribution in [-0.2, 0) is 21.6 Å². The zero-order chi connectivity index (χ0) is 13.3. The molecule has 0 heterocycles. The van der Waals surface area contributed by atoms with Crippen molar-refractivity contribution >= 4 is 21.9 Å². The highest BCUT2D eigenvalue weighted by Crippen LogP contribution is 2.42. The van der Waals surface area contributed by atoms with Gasteiger partial charge >= 0.3 is 5.97 Å². The fraction of sp³-hybridized carbons (Fsp3) is 0.500. The van der Waals surface area contributed by atoms with Crippen molar-refractivity contribution in [3.05, 3.63) is 33.8 Å². The van der Waals surface area contributed by atoms with E-state index in [4.69, 9.17) is 4.74 Å². The Labute approximate surface area is 115 Å². The molecular formula is C14H17BrO3. The second-order valence-corrected chi connectivity index (χ2v) is 5.74. The third-order valence-corrected chi connectivity index (χ3v) is 4.31. The number of aliphatic hydroxyl groups is 1. The normalized spacial score (nSPS) is 24.2. The first-order valence-corrected chi connectivity index (χ1v) is 6.87. The molecule has 1 aromatic carbocycles. The molecule has 0 saturated carbocycles. The summed E-state index contributed by atoms with van der Waals surface area (Å²) in [6.45, 7) is 1.72. The lowest BCUT2D eigenvalue weighted by atomic mass is 9.72. The zero-order valence-electron chi connectivity index (χ0n) is 10.6. The predicted octanol–water partition coefficient (Wildman–Crippen LogP) is 2.78. The lowest BCUT2D eigenvalue weighted by molar-refractivity contribution is -0.156. The molecular weight excluding hydrogens is 296 g/mol. The number of hydrogen-bond acceptors (Lipinski definition) is 3. The first kappa shape index (κ1) is 13.6. The van der Waals surface area contributed by atoms with Crippen LogP contribution < -0.4 is 0 Å². The van der Waals surface area contributed by atoms with E-state index in [1.165, 1.54) is 7.11 Å². The largest absolute Gasteiger partial charge is 0.469 e. The van der Waals surface area contributed by atoms with Crippen LogP contribution in [0.3, 0.4) is 0 Å². The van der Waals surface area contributed by atoms with Crippen molar-refractivity contribution < 1.29 is 14.6 Å². The summed E-state index contributed by atoms with van der Waals surface area (Å²) in [6.07, 6.45) is 2.41. The van der Waals surface area contributed by atoms with Crippen LogP contribution in [-0.4, -0.2) is 18.2 Å². The number of rotatable bonds is 2. The predicted molar refractivity (Wildman–Crippen MR) is 72.2 cm³/mol. The first-order chi connectivity index (χ1) is 8.49. The number of halogens is 1. The number of methoxy groups -OCH3 is 1. The van der Waals surface area contributed by atoms with Gasteiger partial charge in [0.15, 0.2) is 0 Å². The summed E-state index contributed by atoms with van der Waals surface area (Å²) in [5, 5.41) is 10.9. The molecule has 0 saturated heterocycles. The molecule has 0 aliphatic heterocycles. The molecule has 1 aliphatic carbocycles. The van der Waals surface area contributed by atoms with Crippen molar-refractivity contribution in [1.29, 1.82) is 0 Å². The smallest absolute Gasteiger partial charge is 0.311 e. The quantitative estimate of drug-likeness (QED) is 0.854. The van der Waals surface area contributed by atoms with E-state index in [-0.39, 0.29) is 5.97 Å². The average molecular weight is 313 g/mol. The molecule has 1 aromatic rings. The standard InChI is InChI=1S/C14H17BrO3/c1-9(13(16)18-2)14(17)7-3-4-10-5-6-11(15)8-12(10)14/h5-6,8-9,17H,3-4,7H2,1-2H3/t9-,14+/m1/s1. The molecule has 3 nitrogen and oxygen atoms in total. The van der Waals surface area contributed by atoms with Gasteiger partial charge in [-0.05, 0) is 49.4 Å². The molecule has 0 fully saturated rings. The Bertz CT molecular complexity index is 472. The fourth-order valence-corrected chi connectivity index (χ4v) is 3.04. The second-order valence-electron chi connectivity index (χ2n) is 4.82. The highest BCUT2D eigenvalue weighted by Gasteiger charge is 2.43. The van der Waals surface area contributed by atoms with Gasteiger partial charge < -0.3 is 9.84 Å². The minimum absolute atomic E-state index is 0.370. The molecule has 4 heteroatoms. The summed E-state index contributed by atoms with van der Waals surface area (Å²) in [7, 11) is 1.35. The molecule has 0 bridgehead atoms. The number of fused-ring (bicyclic) bond motifs is 1. The highest BCUT2D eigenvalue weighted by atomic mass is 79.9. The summed E-state index contributed by atoms with van der Waals surface area (Å²) < 4.78 is 5.68. The Morgan fingerprint density at radius 2 is 2.28 bits per heavy atom. The van der Waals surface area contributed by atoms with Gasteiger partial charge in [0.05, 0.1) is 13.0 Å². The Hall–Kier alpha value is -0.870. The summed E-state index contributed by atoms with van der Waals surface area (Å²) >= 11 is 3.42. The first-order valence-electron chi connectivity index (χ1n) is 6.08. The van der Waals surface area contributed by atoms with E-state index in [1.807, 2.05) is 18.2 Å². The Kier molecular flexibility index (Phi) is 3.78. The van der Waals surface area contributed by atoms with Crippen molar-refractivity contribution in [2.24, 2.45) is 5.92 Å². The average Bonchev–Trinajstić information content (AvgIpc) is 2.38. The molecule has 2 rings (SSSR count). The third kappa shape index (κ3) is 2.19. The van der Waals surface area contributed by atoms with Crippen LogP contribution in [0.1, 0.15) is 30.9 Å². The maximum absolute atomic E-state index is 11.7. The number of benzene rings is 1. The van der Waals surface area contributed by atoms with Crippen LogP contribution in [0.2, 0.25) is 0 Å². The monoisotopic (exact) mass is 312 g/mol. The topological polar surface area (TPSA) is 46.5 Å². The molecule has 2 atom stereocenters. The van der Waals surface area contributed by atoms with Gasteiger partial charge in [-0.1, -0.05) is 22.0 Å². The molecule has 0 unspecified atom stereocenters. The van der Waals surface area contributed by atoms with Crippen LogP contribution in [0, 0.1) is 5.92 Å². The van der Waals surface area contributed by atoms with E-state index in [0.29, 0.717) is 6.42 Å². The Balaban J connectivity index is 2.47. The van der Waals surface area contributed by atoms with Crippen molar-refractivity contribution in [3.8, 4) is 0 Å². The SMILES string of the molecule is COC(=O)[C@@H](C)[C@@]1(O)CCCc2ccc(Br)cc21. The number of aryl methyl sites for hydroxylation is 1. The maximum Gasteiger partial charge on any atom is 0.311 e. The van der Waals surface area contributed by atoms with Gasteiger partial charge in [0, 0.05) is 4.47 Å². The van der Waals surface area contributed by atoms with Crippen molar-refractivity contribution in [3.63, 3.8) is 0 Å². The van der Waals surface area contributed by atoms with Gasteiger partial charge in [0.2, 0.25) is 0 Å². The maximum atomic E-state index is 11.7. The van der Waals surface area contributed by atoms with Crippen molar-refractivity contribution in [2.45, 2.75) is 31.8 Å². The molecule has 18 heavy (non-hydrogen) atoms. The molecule has 0 amide bonds. The summed E-state index contributed by atoms with van der Waals surface area (Å²) in [4.78, 5) is 11.7. The molecule has 0 aromatic heterocycles. The van der Waals surface area contributed by atoms with Crippen molar-refractivity contribution in [1.82, 2.24) is 0 Å². The van der Waals surface area contributed by atoms with Gasteiger partial charge in [0.1, 0.15) is 5.60 Å². The second kappa shape index (κ2) is 5.02. The molecule has 1 N–H and O–H groups in total. The highest BCUT2D eigenvalue weighted by molar-refractivity contribution is 9.10. The number of esters is 1. The molecule has 98 valence electrons. The third-order valence-electron chi connectivity index (χ3n) is 3.81. The van der Waals surface area contributed by atoms with Crippen LogP contribution in [0.4, 0.5) is 0 Å². The van der Waals surface area contributed by atoms with Gasteiger partial charge in [-0.15, -0.1) is 0 Å². The summed E-state index contributed by atoms with van der Waals surface area (Å²) in [5.74, 6) is -0.929. The molecule has 1 aliphatic rings. The number of hydrogen-bond donors (Lipinski definition) is 1. The van der Waals surface area contributed by atoms with Gasteiger partial charge in [-0.3, -0.25) is 4.79 Å². The van der Waals surface area contributed by atoms with Crippen molar-refractivity contribution in [2.75, 3.05) is 7.11 Å². The van der Waals surface area contributed by atoms with Crippen LogP contribution in [0.5, 0.6) is 0 Å². The number of ether oxygens (including phenoxy) is 1. The van der Waals surface area contributed by atoms with E-state index in [0.717, 1.165) is 28.4 Å². The lowest BCUT2D eigenvalue weighted by Gasteiger charge is -2.38. The fourth-order valence-electron chi connectivity index (χ4n) is 2.67. The Morgan fingerprint density at radius 1 is 1.56 bits per heavy atom. The number of carbonyl (C=O) groups is 1. The molecule has 0 radical (unpaired) electrons. The van der Waals surface area contributed by atoms with E-state index in [2.05, 4.69) is 15.9 Å². The minimum Gasteiger partial charge on any atom is -0.469 e. The van der Waals surface area contributed by atoms with E-state index < -0.39 is 11.5 Å². The molecule has 0 spiro atoms. The summed E-state index contributed by atoms with van der Waals surface area (Å²) in [6, 6.07) is 5.88. The zero-order valence-corrected chi connectivity index (χ0v) is 12.2. The van der Waals surface area contributed by atoms with E-state index in [9.17, 15) is 9.90 Å². The minimum atomic E-state index is -1.12. The van der Waals surface area contributed by atoms with E-state index in [1.54, 1.807) is 6.92 Å². The lowest BCUT2D eigenvalue weighted by Crippen LogP contribution is -2.41. The van der Waals surface area contributed by atoms with Gasteiger partial charge in [0.25, 0.3) is 0 Å². The Morgan fingerprint density at radius 3 is 2.94 bits per heavy atom. The van der Waals surface area contributed by atoms with Gasteiger partial charge in [-0.25, -0.2) is 0 Å². The number of carbonyl (C=O) groups excluding carboxylic acids is 1.